The van der Waals surface area contributed by atoms with Crippen molar-refractivity contribution >= 4 is 11.8 Å². The first-order valence-corrected chi connectivity index (χ1v) is 7.47. The third kappa shape index (κ3) is 3.93. The summed E-state index contributed by atoms with van der Waals surface area (Å²) in [5.41, 5.74) is 0. The number of hydrogen-bond acceptors (Lipinski definition) is 3. The van der Waals surface area contributed by atoms with Crippen LogP contribution in [0.15, 0.2) is 0 Å². The number of nitrogens with zero attached hydrogens (tertiary/aromatic N) is 2. The molecule has 2 fully saturated rings. The Kier molecular flexibility index (Phi) is 5.19. The molecule has 0 aliphatic carbocycles. The van der Waals surface area contributed by atoms with Crippen molar-refractivity contribution in [1.82, 2.24) is 15.1 Å². The second-order valence-corrected chi connectivity index (χ2v) is 5.55. The quantitative estimate of drug-likeness (QED) is 0.787. The van der Waals surface area contributed by atoms with Crippen LogP contribution in [0, 0.1) is 5.92 Å². The fourth-order valence-corrected chi connectivity index (χ4v) is 2.87. The van der Waals surface area contributed by atoms with Gasteiger partial charge in [-0.3, -0.25) is 9.59 Å². The highest BCUT2D eigenvalue weighted by atomic mass is 16.2. The van der Waals surface area contributed by atoms with E-state index in [1.54, 1.807) is 4.90 Å². The molecule has 108 valence electrons. The van der Waals surface area contributed by atoms with Crippen molar-refractivity contribution in [3.05, 3.63) is 0 Å². The van der Waals surface area contributed by atoms with E-state index in [4.69, 9.17) is 0 Å². The molecular weight excluding hydrogens is 242 g/mol. The Morgan fingerprint density at radius 2 is 2.05 bits per heavy atom. The van der Waals surface area contributed by atoms with Crippen molar-refractivity contribution in [2.75, 3.05) is 39.3 Å². The lowest BCUT2D eigenvalue weighted by atomic mass is 9.97. The Hall–Kier alpha value is -1.10. The number of piperidine rings is 1. The summed E-state index contributed by atoms with van der Waals surface area (Å²) in [5, 5.41) is 3.37. The molecular formula is C14H25N3O2. The zero-order chi connectivity index (χ0) is 13.7. The summed E-state index contributed by atoms with van der Waals surface area (Å²) in [5.74, 6) is 0.949. The molecule has 0 aromatic rings. The molecule has 19 heavy (non-hydrogen) atoms. The molecule has 1 N–H and O–H groups in total. The number of hydrogen-bond donors (Lipinski definition) is 1. The van der Waals surface area contributed by atoms with Crippen LogP contribution in [-0.2, 0) is 9.59 Å². The molecule has 2 heterocycles. The number of likely N-dealkylation sites (tertiary alicyclic amines) is 2. The maximum Gasteiger partial charge on any atom is 0.242 e. The molecule has 0 bridgehead atoms. The molecule has 0 saturated carbocycles. The Labute approximate surface area is 115 Å². The molecule has 2 aliphatic rings. The predicted octanol–water partition coefficient (Wildman–Crippen LogP) is 0.457. The van der Waals surface area contributed by atoms with Crippen molar-refractivity contribution in [2.45, 2.75) is 32.6 Å². The van der Waals surface area contributed by atoms with Crippen LogP contribution >= 0.6 is 0 Å². The van der Waals surface area contributed by atoms with Crippen LogP contribution in [0.25, 0.3) is 0 Å². The van der Waals surface area contributed by atoms with Gasteiger partial charge in [-0.25, -0.2) is 0 Å². The van der Waals surface area contributed by atoms with Gasteiger partial charge in [0.25, 0.3) is 0 Å². The molecule has 0 atom stereocenters. The highest BCUT2D eigenvalue weighted by Crippen LogP contribution is 2.17. The monoisotopic (exact) mass is 267 g/mol. The third-order valence-corrected chi connectivity index (χ3v) is 4.15. The van der Waals surface area contributed by atoms with Gasteiger partial charge in [-0.1, -0.05) is 6.92 Å². The van der Waals surface area contributed by atoms with Gasteiger partial charge in [-0.15, -0.1) is 0 Å². The Bertz CT molecular complexity index is 325. The van der Waals surface area contributed by atoms with Gasteiger partial charge in [-0.2, -0.15) is 0 Å². The molecule has 5 nitrogen and oxygen atoms in total. The minimum Gasteiger partial charge on any atom is -0.341 e. The van der Waals surface area contributed by atoms with E-state index in [2.05, 4.69) is 12.2 Å². The zero-order valence-electron chi connectivity index (χ0n) is 11.9. The standard InChI is InChI=1S/C14H25N3O2/c1-2-15-10-12-5-8-16(9-6-12)14(19)11-17-7-3-4-13(17)18/h12,15H,2-11H2,1H3. The molecule has 0 radical (unpaired) electrons. The topological polar surface area (TPSA) is 52.7 Å². The van der Waals surface area contributed by atoms with Crippen molar-refractivity contribution in [3.63, 3.8) is 0 Å². The molecule has 0 aromatic carbocycles. The van der Waals surface area contributed by atoms with Crippen LogP contribution < -0.4 is 5.32 Å². The summed E-state index contributed by atoms with van der Waals surface area (Å²) >= 11 is 0. The molecule has 2 aliphatic heterocycles. The Balaban J connectivity index is 1.71. The van der Waals surface area contributed by atoms with Gasteiger partial charge >= 0.3 is 0 Å². The average molecular weight is 267 g/mol. The lowest BCUT2D eigenvalue weighted by Gasteiger charge is -2.33. The first-order valence-electron chi connectivity index (χ1n) is 7.47. The van der Waals surface area contributed by atoms with Crippen LogP contribution in [0.3, 0.4) is 0 Å². The molecule has 0 spiro atoms. The minimum atomic E-state index is 0.122. The smallest absolute Gasteiger partial charge is 0.242 e. The number of nitrogens with one attached hydrogen (secondary N) is 1. The van der Waals surface area contributed by atoms with Gasteiger partial charge < -0.3 is 15.1 Å². The van der Waals surface area contributed by atoms with Crippen molar-refractivity contribution in [3.8, 4) is 0 Å². The van der Waals surface area contributed by atoms with Crippen LogP contribution in [0.1, 0.15) is 32.6 Å². The minimum absolute atomic E-state index is 0.122. The third-order valence-electron chi connectivity index (χ3n) is 4.15. The largest absolute Gasteiger partial charge is 0.341 e. The molecule has 2 rings (SSSR count). The lowest BCUT2D eigenvalue weighted by molar-refractivity contribution is -0.139. The number of amides is 2. The van der Waals surface area contributed by atoms with Crippen LogP contribution in [0.4, 0.5) is 0 Å². The molecule has 5 heteroatoms. The summed E-state index contributed by atoms with van der Waals surface area (Å²) < 4.78 is 0. The van der Waals surface area contributed by atoms with E-state index >= 15 is 0 Å². The van der Waals surface area contributed by atoms with E-state index in [1.807, 2.05) is 4.90 Å². The van der Waals surface area contributed by atoms with Gasteiger partial charge in [0.05, 0.1) is 6.54 Å². The Morgan fingerprint density at radius 3 is 2.63 bits per heavy atom. The maximum absolute atomic E-state index is 12.1. The fraction of sp³-hybridized carbons (Fsp3) is 0.857. The maximum atomic E-state index is 12.1. The van der Waals surface area contributed by atoms with Gasteiger partial charge in [0, 0.05) is 26.1 Å². The number of rotatable bonds is 5. The zero-order valence-corrected chi connectivity index (χ0v) is 11.9. The highest BCUT2D eigenvalue weighted by molar-refractivity contribution is 5.85. The van der Waals surface area contributed by atoms with Crippen molar-refractivity contribution in [2.24, 2.45) is 5.92 Å². The second kappa shape index (κ2) is 6.89. The summed E-state index contributed by atoms with van der Waals surface area (Å²) in [6, 6.07) is 0. The number of carbonyl (C=O) groups excluding carboxylic acids is 2. The van der Waals surface area contributed by atoms with E-state index in [1.165, 1.54) is 0 Å². The summed E-state index contributed by atoms with van der Waals surface area (Å²) in [6.45, 7) is 6.91. The van der Waals surface area contributed by atoms with E-state index in [9.17, 15) is 9.59 Å². The summed E-state index contributed by atoms with van der Waals surface area (Å²) in [4.78, 5) is 27.3. The van der Waals surface area contributed by atoms with E-state index < -0.39 is 0 Å². The van der Waals surface area contributed by atoms with Crippen LogP contribution in [0.2, 0.25) is 0 Å². The normalized spacial score (nSPS) is 21.2. The second-order valence-electron chi connectivity index (χ2n) is 5.55. The number of carbonyl (C=O) groups is 2. The first kappa shape index (κ1) is 14.3. The van der Waals surface area contributed by atoms with E-state index in [-0.39, 0.29) is 18.4 Å². The van der Waals surface area contributed by atoms with Gasteiger partial charge in [-0.05, 0) is 38.3 Å². The van der Waals surface area contributed by atoms with Crippen molar-refractivity contribution in [1.29, 1.82) is 0 Å². The molecule has 2 saturated heterocycles. The lowest BCUT2D eigenvalue weighted by Crippen LogP contribution is -2.45. The predicted molar refractivity (Wildman–Crippen MR) is 73.7 cm³/mol. The van der Waals surface area contributed by atoms with Gasteiger partial charge in [0.2, 0.25) is 11.8 Å². The SMILES string of the molecule is CCNCC1CCN(C(=O)CN2CCCC2=O)CC1. The molecule has 2 amide bonds. The fourth-order valence-electron chi connectivity index (χ4n) is 2.87. The van der Waals surface area contributed by atoms with E-state index in [0.29, 0.717) is 12.3 Å². The van der Waals surface area contributed by atoms with Crippen molar-refractivity contribution < 1.29 is 9.59 Å². The van der Waals surface area contributed by atoms with Crippen LogP contribution in [-0.4, -0.2) is 60.9 Å². The first-order chi connectivity index (χ1) is 9.20. The summed E-state index contributed by atoms with van der Waals surface area (Å²) in [7, 11) is 0. The summed E-state index contributed by atoms with van der Waals surface area (Å²) in [6.07, 6.45) is 3.66. The van der Waals surface area contributed by atoms with Gasteiger partial charge in [0.15, 0.2) is 0 Å². The Morgan fingerprint density at radius 1 is 1.32 bits per heavy atom. The molecule has 0 aromatic heterocycles. The van der Waals surface area contributed by atoms with E-state index in [0.717, 1.165) is 52.0 Å². The highest BCUT2D eigenvalue weighted by Gasteiger charge is 2.27. The average Bonchev–Trinajstić information content (AvgIpc) is 2.82. The van der Waals surface area contributed by atoms with Crippen LogP contribution in [0.5, 0.6) is 0 Å². The van der Waals surface area contributed by atoms with Gasteiger partial charge in [0.1, 0.15) is 0 Å². The molecule has 0 unspecified atom stereocenters.